The summed E-state index contributed by atoms with van der Waals surface area (Å²) >= 11 is 11.4. The Morgan fingerprint density at radius 3 is 2.83 bits per heavy atom. The molecule has 0 radical (unpaired) electrons. The van der Waals surface area contributed by atoms with Crippen LogP contribution in [0.15, 0.2) is 6.33 Å². The van der Waals surface area contributed by atoms with Crippen LogP contribution in [-0.4, -0.2) is 29.6 Å². The molecule has 0 saturated carbocycles. The second-order valence-corrected chi connectivity index (χ2v) is 3.97. The topological polar surface area (TPSA) is 43.6 Å². The van der Waals surface area contributed by atoms with E-state index >= 15 is 0 Å². The first kappa shape index (κ1) is 7.97. The molecule has 2 heterocycles. The molecule has 0 aliphatic carbocycles. The van der Waals surface area contributed by atoms with Crippen LogP contribution < -0.4 is 0 Å². The zero-order chi connectivity index (χ0) is 8.72. The quantitative estimate of drug-likeness (QED) is 0.362. The maximum atomic E-state index is 5.78. The summed E-state index contributed by atoms with van der Waals surface area (Å²) in [6, 6.07) is 0. The number of hydrogen-bond acceptors (Lipinski definition) is 3. The average molecular weight is 219 g/mol. The summed E-state index contributed by atoms with van der Waals surface area (Å²) in [4.78, 5) is 11.8. The zero-order valence-corrected chi connectivity index (χ0v) is 9.63. The van der Waals surface area contributed by atoms with E-state index in [4.69, 9.17) is 23.2 Å². The van der Waals surface area contributed by atoms with E-state index in [1.165, 1.54) is 0 Å². The number of imidazole rings is 1. The minimum absolute atomic E-state index is 0.158. The predicted molar refractivity (Wildman–Crippen MR) is 50.7 cm³/mol. The summed E-state index contributed by atoms with van der Waals surface area (Å²) in [5.41, 5.74) is 1.31. The van der Waals surface area contributed by atoms with Crippen LogP contribution >= 0.6 is 23.2 Å². The summed E-state index contributed by atoms with van der Waals surface area (Å²) in [6.45, 7) is 0. The van der Waals surface area contributed by atoms with Crippen molar-refractivity contribution in [2.24, 2.45) is 0 Å². The van der Waals surface area contributed by atoms with Gasteiger partial charge in [-0.25, -0.2) is 9.97 Å². The Bertz CT molecular complexity index is 440. The summed E-state index contributed by atoms with van der Waals surface area (Å²) < 4.78 is 1.87. The molecule has 7 heteroatoms. The van der Waals surface area contributed by atoms with Crippen molar-refractivity contribution >= 4 is 44.8 Å². The highest BCUT2D eigenvalue weighted by Crippen LogP contribution is 2.19. The lowest BCUT2D eigenvalue weighted by Gasteiger charge is -1.94. The molecule has 0 aliphatic rings. The van der Waals surface area contributed by atoms with Gasteiger partial charge in [0.15, 0.2) is 10.8 Å². The van der Waals surface area contributed by atoms with Crippen LogP contribution in [-0.2, 0) is 0 Å². The van der Waals surface area contributed by atoms with Crippen LogP contribution in [0, 0.1) is 0 Å². The van der Waals surface area contributed by atoms with Gasteiger partial charge in [0, 0.05) is 0 Å². The highest BCUT2D eigenvalue weighted by atomic mass is 35.5. The minimum atomic E-state index is 0.158. The fraction of sp³-hybridized carbons (Fsp3) is 0. The van der Waals surface area contributed by atoms with Crippen LogP contribution in [0.1, 0.15) is 0 Å². The SMILES string of the molecule is [SiH3]n1cnc2c(Cl)nc(Cl)nc21. The molecule has 2 rings (SSSR count). The van der Waals surface area contributed by atoms with Gasteiger partial charge in [0.1, 0.15) is 15.9 Å². The molecule has 2 aromatic rings. The lowest BCUT2D eigenvalue weighted by molar-refractivity contribution is 1.17. The van der Waals surface area contributed by atoms with Crippen molar-refractivity contribution in [3.8, 4) is 0 Å². The molecule has 0 fully saturated rings. The molecule has 0 aromatic carbocycles. The Balaban J connectivity index is 2.92. The van der Waals surface area contributed by atoms with Crippen molar-refractivity contribution < 1.29 is 0 Å². The molecule has 62 valence electrons. The van der Waals surface area contributed by atoms with Crippen LogP contribution in [0.25, 0.3) is 11.2 Å². The first-order valence-corrected chi connectivity index (χ1v) is 4.83. The summed E-state index contributed by atoms with van der Waals surface area (Å²) in [6.07, 6.45) is 1.67. The molecule has 0 bridgehead atoms. The van der Waals surface area contributed by atoms with Gasteiger partial charge in [0.05, 0.1) is 6.33 Å². The van der Waals surface area contributed by atoms with E-state index in [1.807, 2.05) is 4.23 Å². The Morgan fingerprint density at radius 1 is 1.33 bits per heavy atom. The number of fused-ring (bicyclic) bond motifs is 1. The Labute approximate surface area is 81.0 Å². The third-order valence-electron chi connectivity index (χ3n) is 1.49. The predicted octanol–water partition coefficient (Wildman–Crippen LogP) is 0.262. The standard InChI is InChI=1S/C5H4Cl2N4Si/c6-3-2-4(10-5(7)9-3)11(12)1-8-2/h1H,12H3. The highest BCUT2D eigenvalue weighted by molar-refractivity contribution is 6.35. The second kappa shape index (κ2) is 2.69. The molecule has 0 aliphatic heterocycles. The van der Waals surface area contributed by atoms with Gasteiger partial charge in [-0.2, -0.15) is 4.98 Å². The number of aromatic nitrogens is 4. The van der Waals surface area contributed by atoms with Gasteiger partial charge < -0.3 is 4.23 Å². The second-order valence-electron chi connectivity index (χ2n) is 2.31. The first-order valence-electron chi connectivity index (χ1n) is 3.18. The van der Waals surface area contributed by atoms with Crippen molar-refractivity contribution in [3.05, 3.63) is 16.8 Å². The van der Waals surface area contributed by atoms with Crippen LogP contribution in [0.5, 0.6) is 0 Å². The minimum Gasteiger partial charge on any atom is -0.352 e. The van der Waals surface area contributed by atoms with E-state index in [9.17, 15) is 0 Å². The molecule has 2 aromatic heterocycles. The van der Waals surface area contributed by atoms with Gasteiger partial charge in [0.2, 0.25) is 5.28 Å². The Hall–Kier alpha value is -0.653. The number of hydrogen-bond donors (Lipinski definition) is 0. The van der Waals surface area contributed by atoms with E-state index < -0.39 is 0 Å². The van der Waals surface area contributed by atoms with Gasteiger partial charge >= 0.3 is 0 Å². The van der Waals surface area contributed by atoms with Gasteiger partial charge in [-0.1, -0.05) is 11.6 Å². The number of nitrogens with zero attached hydrogens (tertiary/aromatic N) is 4. The van der Waals surface area contributed by atoms with E-state index in [-0.39, 0.29) is 5.28 Å². The largest absolute Gasteiger partial charge is 0.352 e. The number of rotatable bonds is 0. The normalized spacial score (nSPS) is 11.2. The Morgan fingerprint density at radius 2 is 2.08 bits per heavy atom. The highest BCUT2D eigenvalue weighted by Gasteiger charge is 2.07. The maximum Gasteiger partial charge on any atom is 0.225 e. The lowest BCUT2D eigenvalue weighted by Crippen LogP contribution is -1.92. The summed E-state index contributed by atoms with van der Waals surface area (Å²) in [7, 11) is 0.802. The molecule has 12 heavy (non-hydrogen) atoms. The van der Waals surface area contributed by atoms with Crippen LogP contribution in [0.3, 0.4) is 0 Å². The smallest absolute Gasteiger partial charge is 0.225 e. The average Bonchev–Trinajstić information content (AvgIpc) is 2.33. The molecule has 0 N–H and O–H groups in total. The van der Waals surface area contributed by atoms with E-state index in [0.29, 0.717) is 16.3 Å². The molecular weight excluding hydrogens is 215 g/mol. The van der Waals surface area contributed by atoms with E-state index in [1.54, 1.807) is 6.33 Å². The monoisotopic (exact) mass is 218 g/mol. The third-order valence-corrected chi connectivity index (χ3v) is 2.58. The van der Waals surface area contributed by atoms with Crippen LogP contribution in [0.4, 0.5) is 0 Å². The molecule has 0 atom stereocenters. The first-order chi connectivity index (χ1) is 5.68. The van der Waals surface area contributed by atoms with Crippen molar-refractivity contribution in [1.82, 2.24) is 19.2 Å². The Kier molecular flexibility index (Phi) is 1.78. The van der Waals surface area contributed by atoms with Crippen molar-refractivity contribution in [2.75, 3.05) is 0 Å². The van der Waals surface area contributed by atoms with Crippen molar-refractivity contribution in [3.63, 3.8) is 0 Å². The van der Waals surface area contributed by atoms with Crippen LogP contribution in [0.2, 0.25) is 10.4 Å². The van der Waals surface area contributed by atoms with E-state index in [0.717, 1.165) is 10.4 Å². The third kappa shape index (κ3) is 1.10. The molecular formula is C5H4Cl2N4Si. The van der Waals surface area contributed by atoms with Crippen molar-refractivity contribution in [2.45, 2.75) is 0 Å². The van der Waals surface area contributed by atoms with Gasteiger partial charge in [-0.15, -0.1) is 0 Å². The molecule has 4 nitrogen and oxygen atoms in total. The van der Waals surface area contributed by atoms with Gasteiger partial charge in [0.25, 0.3) is 0 Å². The van der Waals surface area contributed by atoms with E-state index in [2.05, 4.69) is 15.0 Å². The maximum absolute atomic E-state index is 5.78. The molecule has 0 spiro atoms. The van der Waals surface area contributed by atoms with Gasteiger partial charge in [-0.3, -0.25) is 0 Å². The number of halogens is 2. The lowest BCUT2D eigenvalue weighted by atomic mass is 10.6. The van der Waals surface area contributed by atoms with Gasteiger partial charge in [-0.05, 0) is 11.6 Å². The fourth-order valence-corrected chi connectivity index (χ4v) is 1.80. The molecule has 0 saturated heterocycles. The molecule has 0 unspecified atom stereocenters. The summed E-state index contributed by atoms with van der Waals surface area (Å²) in [5, 5.41) is 0.463. The van der Waals surface area contributed by atoms with Crippen molar-refractivity contribution in [1.29, 1.82) is 0 Å². The summed E-state index contributed by atoms with van der Waals surface area (Å²) in [5.74, 6) is 0. The molecule has 0 amide bonds. The fourth-order valence-electron chi connectivity index (χ4n) is 0.947. The zero-order valence-electron chi connectivity index (χ0n) is 6.12.